The summed E-state index contributed by atoms with van der Waals surface area (Å²) < 4.78 is 3.74. The van der Waals surface area contributed by atoms with E-state index in [0.717, 1.165) is 23.0 Å². The van der Waals surface area contributed by atoms with Crippen LogP contribution in [0.2, 0.25) is 5.02 Å². The molecule has 0 saturated carbocycles. The molecule has 0 aliphatic carbocycles. The van der Waals surface area contributed by atoms with Crippen molar-refractivity contribution in [2.24, 2.45) is 0 Å². The lowest BCUT2D eigenvalue weighted by Gasteiger charge is -2.11. The topological polar surface area (TPSA) is 65.6 Å². The Labute approximate surface area is 206 Å². The third kappa shape index (κ3) is 3.86. The number of halogens is 1. The molecule has 7 heteroatoms. The Balaban J connectivity index is 1.58. The molecule has 0 aliphatic heterocycles. The molecule has 0 saturated heterocycles. The maximum absolute atomic E-state index is 13.9. The zero-order chi connectivity index (χ0) is 23.9. The monoisotopic (exact) mass is 479 g/mol. The molecule has 6 aromatic rings. The van der Waals surface area contributed by atoms with Crippen molar-refractivity contribution in [3.63, 3.8) is 0 Å². The Morgan fingerprint density at radius 1 is 0.743 bits per heavy atom. The van der Waals surface area contributed by atoms with Gasteiger partial charge in [0.1, 0.15) is 16.7 Å². The second kappa shape index (κ2) is 8.64. The molecule has 0 fully saturated rings. The number of nitrogens with zero attached hydrogens (tertiary/aromatic N) is 5. The van der Waals surface area contributed by atoms with E-state index >= 15 is 0 Å². The van der Waals surface area contributed by atoms with Crippen LogP contribution in [0.1, 0.15) is 17.0 Å². The van der Waals surface area contributed by atoms with Gasteiger partial charge in [0.15, 0.2) is 11.3 Å². The molecule has 35 heavy (non-hydrogen) atoms. The first-order valence-electron chi connectivity index (χ1n) is 11.5. The SMILES string of the molecule is Cc1nc2c(c(=O)n1CCc1ccccc1)c1nc3ccccc3nc1n2Cc1ccc(Cl)cc1. The predicted octanol–water partition coefficient (Wildman–Crippen LogP) is 5.55. The summed E-state index contributed by atoms with van der Waals surface area (Å²) in [4.78, 5) is 28.5. The smallest absolute Gasteiger partial charge is 0.265 e. The largest absolute Gasteiger partial charge is 0.304 e. The van der Waals surface area contributed by atoms with Crippen LogP contribution in [0, 0.1) is 6.92 Å². The molecule has 6 rings (SSSR count). The average molecular weight is 480 g/mol. The molecule has 0 atom stereocenters. The molecule has 3 aromatic carbocycles. The van der Waals surface area contributed by atoms with E-state index in [1.165, 1.54) is 5.56 Å². The first-order valence-corrected chi connectivity index (χ1v) is 11.9. The van der Waals surface area contributed by atoms with Crippen molar-refractivity contribution in [1.29, 1.82) is 0 Å². The van der Waals surface area contributed by atoms with Gasteiger partial charge in [-0.05, 0) is 48.7 Å². The summed E-state index contributed by atoms with van der Waals surface area (Å²) in [6.07, 6.45) is 0.743. The van der Waals surface area contributed by atoms with E-state index in [1.54, 1.807) is 4.57 Å². The van der Waals surface area contributed by atoms with Gasteiger partial charge in [-0.2, -0.15) is 0 Å². The lowest BCUT2D eigenvalue weighted by atomic mass is 10.1. The van der Waals surface area contributed by atoms with Gasteiger partial charge in [0, 0.05) is 11.6 Å². The number of fused-ring (bicyclic) bond motifs is 4. The van der Waals surface area contributed by atoms with E-state index in [4.69, 9.17) is 26.6 Å². The van der Waals surface area contributed by atoms with E-state index in [0.29, 0.717) is 46.1 Å². The lowest BCUT2D eigenvalue weighted by Crippen LogP contribution is -2.25. The molecule has 172 valence electrons. The predicted molar refractivity (Wildman–Crippen MR) is 140 cm³/mol. The van der Waals surface area contributed by atoms with Crippen LogP contribution in [0.25, 0.3) is 33.2 Å². The maximum atomic E-state index is 13.9. The minimum Gasteiger partial charge on any atom is -0.304 e. The molecule has 0 amide bonds. The number of para-hydroxylation sites is 2. The fourth-order valence-corrected chi connectivity index (χ4v) is 4.69. The molecular weight excluding hydrogens is 458 g/mol. The van der Waals surface area contributed by atoms with Gasteiger partial charge in [-0.15, -0.1) is 0 Å². The van der Waals surface area contributed by atoms with Gasteiger partial charge in [-0.3, -0.25) is 9.36 Å². The fraction of sp³-hybridized carbons (Fsp3) is 0.143. The van der Waals surface area contributed by atoms with Gasteiger partial charge in [0.05, 0.1) is 17.6 Å². The molecule has 0 unspecified atom stereocenters. The second-order valence-electron chi connectivity index (χ2n) is 8.65. The van der Waals surface area contributed by atoms with Crippen LogP contribution >= 0.6 is 11.6 Å². The van der Waals surface area contributed by atoms with E-state index < -0.39 is 0 Å². The van der Waals surface area contributed by atoms with Gasteiger partial charge in [-0.1, -0.05) is 66.2 Å². The third-order valence-corrected chi connectivity index (χ3v) is 6.61. The number of hydrogen-bond acceptors (Lipinski definition) is 4. The third-order valence-electron chi connectivity index (χ3n) is 6.36. The Kier molecular flexibility index (Phi) is 5.30. The zero-order valence-electron chi connectivity index (χ0n) is 19.1. The Morgan fingerprint density at radius 3 is 2.17 bits per heavy atom. The molecule has 0 aliphatic rings. The normalized spacial score (nSPS) is 11.6. The highest BCUT2D eigenvalue weighted by Crippen LogP contribution is 2.26. The van der Waals surface area contributed by atoms with Crippen LogP contribution in [-0.2, 0) is 19.5 Å². The summed E-state index contributed by atoms with van der Waals surface area (Å²) in [7, 11) is 0. The standard InChI is InChI=1S/C28H22ClN5O/c1-18-30-26-24(28(35)33(18)16-15-19-7-3-2-4-8-19)25-27(32-23-10-6-5-9-22(23)31-25)34(26)17-20-11-13-21(29)14-12-20/h2-14H,15-17H2,1H3. The maximum Gasteiger partial charge on any atom is 0.265 e. The molecule has 3 heterocycles. The first-order chi connectivity index (χ1) is 17.1. The highest BCUT2D eigenvalue weighted by atomic mass is 35.5. The quantitative estimate of drug-likeness (QED) is 0.325. The van der Waals surface area contributed by atoms with Crippen molar-refractivity contribution in [2.45, 2.75) is 26.4 Å². The Morgan fingerprint density at radius 2 is 1.43 bits per heavy atom. The molecule has 0 bridgehead atoms. The summed E-state index contributed by atoms with van der Waals surface area (Å²) in [5.74, 6) is 0.670. The van der Waals surface area contributed by atoms with Crippen molar-refractivity contribution in [3.8, 4) is 0 Å². The van der Waals surface area contributed by atoms with Crippen LogP contribution in [0.5, 0.6) is 0 Å². The summed E-state index contributed by atoms with van der Waals surface area (Å²) in [6.45, 7) is 2.93. The molecular formula is C28H22ClN5O. The van der Waals surface area contributed by atoms with E-state index in [2.05, 4.69) is 12.1 Å². The lowest BCUT2D eigenvalue weighted by molar-refractivity contribution is 0.636. The van der Waals surface area contributed by atoms with Crippen molar-refractivity contribution in [2.75, 3.05) is 0 Å². The number of aromatic nitrogens is 5. The molecule has 3 aromatic heterocycles. The highest BCUT2D eigenvalue weighted by molar-refractivity contribution is 6.30. The number of rotatable bonds is 5. The van der Waals surface area contributed by atoms with Crippen molar-refractivity contribution in [3.05, 3.63) is 111 Å². The van der Waals surface area contributed by atoms with Crippen LogP contribution in [-0.4, -0.2) is 24.1 Å². The number of aryl methyl sites for hydroxylation is 2. The van der Waals surface area contributed by atoms with Gasteiger partial charge in [0.25, 0.3) is 5.56 Å². The first kappa shape index (κ1) is 21.5. The van der Waals surface area contributed by atoms with Crippen LogP contribution in [0.15, 0.2) is 83.7 Å². The van der Waals surface area contributed by atoms with Crippen LogP contribution in [0.3, 0.4) is 0 Å². The van der Waals surface area contributed by atoms with Gasteiger partial charge < -0.3 is 4.57 Å². The Bertz CT molecular complexity index is 1750. The van der Waals surface area contributed by atoms with Crippen molar-refractivity contribution >= 4 is 44.8 Å². The average Bonchev–Trinajstić information content (AvgIpc) is 3.16. The summed E-state index contributed by atoms with van der Waals surface area (Å²) in [5.41, 5.74) is 5.49. The van der Waals surface area contributed by atoms with Crippen LogP contribution < -0.4 is 5.56 Å². The minimum atomic E-state index is -0.0899. The Hall–Kier alpha value is -4.03. The van der Waals surface area contributed by atoms with Crippen molar-refractivity contribution < 1.29 is 0 Å². The van der Waals surface area contributed by atoms with E-state index in [-0.39, 0.29) is 5.56 Å². The van der Waals surface area contributed by atoms with Gasteiger partial charge in [0.2, 0.25) is 0 Å². The summed E-state index contributed by atoms with van der Waals surface area (Å²) in [5, 5.41) is 1.18. The fourth-order valence-electron chi connectivity index (χ4n) is 4.57. The minimum absolute atomic E-state index is 0.0899. The molecule has 0 spiro atoms. The van der Waals surface area contributed by atoms with Crippen LogP contribution in [0.4, 0.5) is 0 Å². The molecule has 0 N–H and O–H groups in total. The number of benzene rings is 3. The van der Waals surface area contributed by atoms with Crippen molar-refractivity contribution in [1.82, 2.24) is 24.1 Å². The van der Waals surface area contributed by atoms with Gasteiger partial charge >= 0.3 is 0 Å². The van der Waals surface area contributed by atoms with E-state index in [1.807, 2.05) is 78.2 Å². The summed E-state index contributed by atoms with van der Waals surface area (Å²) >= 11 is 6.10. The highest BCUT2D eigenvalue weighted by Gasteiger charge is 2.21. The van der Waals surface area contributed by atoms with Gasteiger partial charge in [-0.25, -0.2) is 15.0 Å². The molecule has 6 nitrogen and oxygen atoms in total. The summed E-state index contributed by atoms with van der Waals surface area (Å²) in [6, 6.07) is 25.5. The molecule has 0 radical (unpaired) electrons. The number of hydrogen-bond donors (Lipinski definition) is 0. The van der Waals surface area contributed by atoms with E-state index in [9.17, 15) is 4.79 Å². The zero-order valence-corrected chi connectivity index (χ0v) is 19.9. The second-order valence-corrected chi connectivity index (χ2v) is 9.08.